The van der Waals surface area contributed by atoms with E-state index in [4.69, 9.17) is 5.73 Å². The second-order valence-electron chi connectivity index (χ2n) is 3.47. The van der Waals surface area contributed by atoms with Gasteiger partial charge in [-0.3, -0.25) is 15.5 Å². The maximum absolute atomic E-state index is 10.5. The molecule has 0 atom stereocenters. The molecule has 0 heterocycles. The van der Waals surface area contributed by atoms with Crippen LogP contribution in [0.2, 0.25) is 0 Å². The summed E-state index contributed by atoms with van der Waals surface area (Å²) in [6, 6.07) is 6.22. The number of benzene rings is 1. The van der Waals surface area contributed by atoms with Crippen LogP contribution in [0.4, 0.5) is 5.69 Å². The topological polar surface area (TPSA) is 93.5 Å². The van der Waals surface area contributed by atoms with Crippen molar-refractivity contribution in [2.24, 2.45) is 10.8 Å². The first-order chi connectivity index (χ1) is 8.49. The zero-order chi connectivity index (χ0) is 13.5. The molecule has 3 N–H and O–H groups in total. The molecule has 0 unspecified atom stereocenters. The van der Waals surface area contributed by atoms with Gasteiger partial charge in [0.25, 0.3) is 5.69 Å². The molecule has 7 heteroatoms. The van der Waals surface area contributed by atoms with E-state index < -0.39 is 4.92 Å². The third kappa shape index (κ3) is 4.71. The lowest BCUT2D eigenvalue weighted by molar-refractivity contribution is -0.384. The molecule has 0 aromatic heterocycles. The van der Waals surface area contributed by atoms with Crippen LogP contribution in [0.5, 0.6) is 0 Å². The molecule has 0 radical (unpaired) electrons. The maximum atomic E-state index is 10.5. The van der Waals surface area contributed by atoms with Crippen LogP contribution >= 0.6 is 12.2 Å². The van der Waals surface area contributed by atoms with Gasteiger partial charge in [0.1, 0.15) is 0 Å². The highest BCUT2D eigenvalue weighted by Crippen LogP contribution is 2.13. The van der Waals surface area contributed by atoms with E-state index in [1.807, 2.05) is 13.0 Å². The lowest BCUT2D eigenvalue weighted by atomic mass is 10.1. The molecule has 0 amide bonds. The van der Waals surface area contributed by atoms with Gasteiger partial charge in [0.05, 0.1) is 11.1 Å². The Kier molecular flexibility index (Phi) is 4.94. The Labute approximate surface area is 109 Å². The minimum atomic E-state index is -0.437. The molecule has 0 spiro atoms. The number of non-ortho nitro benzene ring substituents is 1. The molecular weight excluding hydrogens is 252 g/mol. The third-order valence-corrected chi connectivity index (χ3v) is 2.03. The van der Waals surface area contributed by atoms with Crippen molar-refractivity contribution in [3.05, 3.63) is 45.5 Å². The normalized spacial score (nSPS) is 11.5. The lowest BCUT2D eigenvalue weighted by Gasteiger charge is -1.96. The predicted molar refractivity (Wildman–Crippen MR) is 75.2 cm³/mol. The van der Waals surface area contributed by atoms with Gasteiger partial charge in [-0.05, 0) is 42.4 Å². The highest BCUT2D eigenvalue weighted by atomic mass is 32.1. The van der Waals surface area contributed by atoms with E-state index in [0.717, 1.165) is 11.1 Å². The zero-order valence-electron chi connectivity index (χ0n) is 9.66. The summed E-state index contributed by atoms with van der Waals surface area (Å²) in [7, 11) is 0. The zero-order valence-corrected chi connectivity index (χ0v) is 10.5. The number of nitro benzene ring substituents is 1. The summed E-state index contributed by atoms with van der Waals surface area (Å²) in [6.07, 6.45) is 3.38. The quantitative estimate of drug-likeness (QED) is 0.374. The van der Waals surface area contributed by atoms with Crippen LogP contribution in [0.1, 0.15) is 12.5 Å². The minimum absolute atomic E-state index is 0.0635. The van der Waals surface area contributed by atoms with Gasteiger partial charge in [-0.15, -0.1) is 0 Å². The largest absolute Gasteiger partial charge is 0.375 e. The standard InChI is InChI=1S/C11H12N4O2S/c1-8(7-13-14-11(12)18)6-9-2-4-10(5-3-9)15(16)17/h2-7H,1H3,(H3,12,14,18). The van der Waals surface area contributed by atoms with Crippen molar-refractivity contribution in [2.45, 2.75) is 6.92 Å². The van der Waals surface area contributed by atoms with Gasteiger partial charge in [-0.2, -0.15) is 5.10 Å². The summed E-state index contributed by atoms with van der Waals surface area (Å²) < 4.78 is 0. The summed E-state index contributed by atoms with van der Waals surface area (Å²) in [5.74, 6) is 0. The molecule has 0 bridgehead atoms. The molecule has 1 aromatic rings. The smallest absolute Gasteiger partial charge is 0.269 e. The van der Waals surface area contributed by atoms with E-state index in [1.54, 1.807) is 18.3 Å². The Hall–Kier alpha value is -2.28. The second kappa shape index (κ2) is 6.45. The van der Waals surface area contributed by atoms with Crippen molar-refractivity contribution in [2.75, 3.05) is 0 Å². The van der Waals surface area contributed by atoms with Crippen molar-refractivity contribution in [1.29, 1.82) is 0 Å². The highest BCUT2D eigenvalue weighted by molar-refractivity contribution is 7.80. The summed E-state index contributed by atoms with van der Waals surface area (Å²) in [4.78, 5) is 10.0. The van der Waals surface area contributed by atoms with Crippen molar-refractivity contribution in [1.82, 2.24) is 5.43 Å². The first-order valence-corrected chi connectivity index (χ1v) is 5.41. The van der Waals surface area contributed by atoms with Crippen LogP contribution in [0.25, 0.3) is 6.08 Å². The van der Waals surface area contributed by atoms with Crippen molar-refractivity contribution in [3.63, 3.8) is 0 Å². The number of thiocarbonyl (C=S) groups is 1. The van der Waals surface area contributed by atoms with E-state index in [1.165, 1.54) is 12.1 Å². The van der Waals surface area contributed by atoms with Crippen LogP contribution < -0.4 is 11.2 Å². The van der Waals surface area contributed by atoms with Gasteiger partial charge in [-0.25, -0.2) is 0 Å². The average molecular weight is 264 g/mol. The first-order valence-electron chi connectivity index (χ1n) is 5.00. The Bertz CT molecular complexity index is 508. The molecule has 1 rings (SSSR count). The SMILES string of the molecule is CC(C=NNC(N)=S)=Cc1ccc([N+](=O)[O-])cc1. The van der Waals surface area contributed by atoms with Gasteiger partial charge in [-0.1, -0.05) is 6.08 Å². The van der Waals surface area contributed by atoms with Crippen LogP contribution in [0.3, 0.4) is 0 Å². The van der Waals surface area contributed by atoms with E-state index >= 15 is 0 Å². The van der Waals surface area contributed by atoms with E-state index in [0.29, 0.717) is 0 Å². The molecule has 0 saturated carbocycles. The molecule has 1 aromatic carbocycles. The Morgan fingerprint density at radius 1 is 1.50 bits per heavy atom. The number of nitrogens with two attached hydrogens (primary N) is 1. The predicted octanol–water partition coefficient (Wildman–Crippen LogP) is 1.82. The van der Waals surface area contributed by atoms with Gasteiger partial charge >= 0.3 is 0 Å². The van der Waals surface area contributed by atoms with Gasteiger partial charge in [0.2, 0.25) is 0 Å². The van der Waals surface area contributed by atoms with Crippen LogP contribution in [0.15, 0.2) is 34.9 Å². The van der Waals surface area contributed by atoms with Crippen molar-refractivity contribution in [3.8, 4) is 0 Å². The fourth-order valence-electron chi connectivity index (χ4n) is 1.19. The number of rotatable bonds is 4. The van der Waals surface area contributed by atoms with Gasteiger partial charge < -0.3 is 5.73 Å². The Balaban J connectivity index is 2.73. The van der Waals surface area contributed by atoms with E-state index in [9.17, 15) is 10.1 Å². The van der Waals surface area contributed by atoms with Crippen LogP contribution in [-0.4, -0.2) is 16.3 Å². The molecule has 0 aliphatic rings. The molecular formula is C11H12N4O2S. The molecule has 0 aliphatic carbocycles. The Morgan fingerprint density at radius 3 is 2.61 bits per heavy atom. The number of hydrogen-bond acceptors (Lipinski definition) is 4. The maximum Gasteiger partial charge on any atom is 0.269 e. The lowest BCUT2D eigenvalue weighted by Crippen LogP contribution is -2.23. The first kappa shape index (κ1) is 13.8. The number of nitro groups is 1. The van der Waals surface area contributed by atoms with E-state index in [-0.39, 0.29) is 10.8 Å². The summed E-state index contributed by atoms with van der Waals surface area (Å²) >= 11 is 4.59. The van der Waals surface area contributed by atoms with Gasteiger partial charge in [0.15, 0.2) is 5.11 Å². The monoisotopic (exact) mass is 264 g/mol. The minimum Gasteiger partial charge on any atom is -0.375 e. The second-order valence-corrected chi connectivity index (χ2v) is 3.91. The summed E-state index contributed by atoms with van der Waals surface area (Å²) in [5, 5.41) is 14.4. The molecule has 0 fully saturated rings. The summed E-state index contributed by atoms with van der Waals surface area (Å²) in [6.45, 7) is 1.84. The number of allylic oxidation sites excluding steroid dienone is 1. The average Bonchev–Trinajstić information content (AvgIpc) is 2.29. The fourth-order valence-corrected chi connectivity index (χ4v) is 1.24. The third-order valence-electron chi connectivity index (χ3n) is 1.94. The molecule has 0 aliphatic heterocycles. The number of nitrogens with one attached hydrogen (secondary N) is 1. The van der Waals surface area contributed by atoms with Crippen molar-refractivity contribution < 1.29 is 4.92 Å². The molecule has 0 saturated heterocycles. The van der Waals surface area contributed by atoms with Crippen LogP contribution in [0, 0.1) is 10.1 Å². The van der Waals surface area contributed by atoms with E-state index in [2.05, 4.69) is 22.7 Å². The molecule has 6 nitrogen and oxygen atoms in total. The van der Waals surface area contributed by atoms with Crippen LogP contribution in [-0.2, 0) is 0 Å². The summed E-state index contributed by atoms with van der Waals surface area (Å²) in [5.41, 5.74) is 9.40. The number of hydrogen-bond donors (Lipinski definition) is 2. The Morgan fingerprint density at radius 2 is 2.11 bits per heavy atom. The van der Waals surface area contributed by atoms with Gasteiger partial charge in [0, 0.05) is 12.1 Å². The molecule has 94 valence electrons. The molecule has 18 heavy (non-hydrogen) atoms. The fraction of sp³-hybridized carbons (Fsp3) is 0.0909. The van der Waals surface area contributed by atoms with Crippen molar-refractivity contribution >= 4 is 35.3 Å². The number of nitrogens with zero attached hydrogens (tertiary/aromatic N) is 2. The highest BCUT2D eigenvalue weighted by Gasteiger charge is 2.02. The number of hydrazone groups is 1.